The summed E-state index contributed by atoms with van der Waals surface area (Å²) < 4.78 is 0. The van der Waals surface area contributed by atoms with Crippen LogP contribution in [0.25, 0.3) is 0 Å². The van der Waals surface area contributed by atoms with Crippen molar-refractivity contribution in [3.05, 3.63) is 0 Å². The molecule has 0 amide bonds. The van der Waals surface area contributed by atoms with Crippen LogP contribution in [0.15, 0.2) is 0 Å². The molecule has 56 valence electrons. The largest absolute Gasteiger partial charge is 0.393 e. The first-order chi connectivity index (χ1) is 4.79. The van der Waals surface area contributed by atoms with Crippen LogP contribution in [-0.2, 0) is 4.79 Å². The summed E-state index contributed by atoms with van der Waals surface area (Å²) in [7, 11) is 0. The standard InChI is InChI=1S/C8H12O2/c9-7-3-1-5-6(7)2-4-8(5)10/h5-7,9H,1-4H2/t5-,6-,7-/m0/s1. The van der Waals surface area contributed by atoms with Gasteiger partial charge in [0.05, 0.1) is 6.10 Å². The number of carbonyl (C=O) groups is 1. The molecule has 10 heavy (non-hydrogen) atoms. The lowest BCUT2D eigenvalue weighted by Crippen LogP contribution is -2.15. The van der Waals surface area contributed by atoms with E-state index in [4.69, 9.17) is 0 Å². The molecule has 2 saturated carbocycles. The Morgan fingerprint density at radius 3 is 2.80 bits per heavy atom. The minimum atomic E-state index is -0.170. The Hall–Kier alpha value is -0.370. The lowest BCUT2D eigenvalue weighted by atomic mass is 9.99. The van der Waals surface area contributed by atoms with Gasteiger partial charge in [-0.3, -0.25) is 4.79 Å². The van der Waals surface area contributed by atoms with Crippen molar-refractivity contribution in [2.75, 3.05) is 0 Å². The van der Waals surface area contributed by atoms with Gasteiger partial charge in [-0.15, -0.1) is 0 Å². The monoisotopic (exact) mass is 140 g/mol. The molecule has 0 aromatic rings. The maximum absolute atomic E-state index is 11.1. The summed E-state index contributed by atoms with van der Waals surface area (Å²) in [4.78, 5) is 11.1. The molecule has 2 aliphatic rings. The average Bonchev–Trinajstić information content (AvgIpc) is 2.41. The topological polar surface area (TPSA) is 37.3 Å². The molecule has 2 aliphatic carbocycles. The van der Waals surface area contributed by atoms with Gasteiger partial charge in [0.1, 0.15) is 5.78 Å². The first-order valence-electron chi connectivity index (χ1n) is 4.00. The molecule has 0 aromatic carbocycles. The quantitative estimate of drug-likeness (QED) is 0.538. The van der Waals surface area contributed by atoms with E-state index in [0.717, 1.165) is 19.3 Å². The maximum Gasteiger partial charge on any atom is 0.136 e. The number of aliphatic hydroxyl groups excluding tert-OH is 1. The molecular weight excluding hydrogens is 128 g/mol. The van der Waals surface area contributed by atoms with Gasteiger partial charge < -0.3 is 5.11 Å². The molecule has 3 atom stereocenters. The van der Waals surface area contributed by atoms with Crippen LogP contribution in [0.4, 0.5) is 0 Å². The van der Waals surface area contributed by atoms with Crippen LogP contribution in [0.3, 0.4) is 0 Å². The Kier molecular flexibility index (Phi) is 1.31. The summed E-state index contributed by atoms with van der Waals surface area (Å²) in [5.41, 5.74) is 0. The zero-order valence-corrected chi connectivity index (χ0v) is 5.92. The second-order valence-electron chi connectivity index (χ2n) is 3.42. The number of rotatable bonds is 0. The van der Waals surface area contributed by atoms with Crippen molar-refractivity contribution >= 4 is 5.78 Å². The minimum absolute atomic E-state index is 0.170. The molecule has 0 aromatic heterocycles. The predicted molar refractivity (Wildman–Crippen MR) is 36.5 cm³/mol. The van der Waals surface area contributed by atoms with Gasteiger partial charge in [0.25, 0.3) is 0 Å². The Morgan fingerprint density at radius 1 is 1.30 bits per heavy atom. The predicted octanol–water partition coefficient (Wildman–Crippen LogP) is 0.736. The number of Topliss-reactive ketones (excluding diaryl/α,β-unsaturated/α-hetero) is 1. The van der Waals surface area contributed by atoms with Crippen molar-refractivity contribution in [3.8, 4) is 0 Å². The van der Waals surface area contributed by atoms with Crippen molar-refractivity contribution in [1.82, 2.24) is 0 Å². The molecular formula is C8H12O2. The maximum atomic E-state index is 11.1. The zero-order valence-electron chi connectivity index (χ0n) is 5.92. The van der Waals surface area contributed by atoms with E-state index in [1.165, 1.54) is 0 Å². The van der Waals surface area contributed by atoms with Gasteiger partial charge in [-0.2, -0.15) is 0 Å². The first kappa shape index (κ1) is 6.35. The van der Waals surface area contributed by atoms with Gasteiger partial charge in [0.15, 0.2) is 0 Å². The lowest BCUT2D eigenvalue weighted by Gasteiger charge is -2.09. The van der Waals surface area contributed by atoms with E-state index in [1.807, 2.05) is 0 Å². The van der Waals surface area contributed by atoms with E-state index in [1.54, 1.807) is 0 Å². The van der Waals surface area contributed by atoms with E-state index >= 15 is 0 Å². The van der Waals surface area contributed by atoms with E-state index in [-0.39, 0.29) is 12.0 Å². The average molecular weight is 140 g/mol. The summed E-state index contributed by atoms with van der Waals surface area (Å²) in [6, 6.07) is 0. The van der Waals surface area contributed by atoms with Crippen molar-refractivity contribution in [1.29, 1.82) is 0 Å². The van der Waals surface area contributed by atoms with Crippen molar-refractivity contribution < 1.29 is 9.90 Å². The second-order valence-corrected chi connectivity index (χ2v) is 3.42. The fraction of sp³-hybridized carbons (Fsp3) is 0.875. The van der Waals surface area contributed by atoms with Gasteiger partial charge in [-0.1, -0.05) is 0 Å². The summed E-state index contributed by atoms with van der Waals surface area (Å²) in [5, 5.41) is 9.36. The molecule has 1 N–H and O–H groups in total. The zero-order chi connectivity index (χ0) is 7.14. The second kappa shape index (κ2) is 2.06. The first-order valence-corrected chi connectivity index (χ1v) is 4.00. The van der Waals surface area contributed by atoms with Gasteiger partial charge in [0.2, 0.25) is 0 Å². The number of aliphatic hydroxyl groups is 1. The third-order valence-corrected chi connectivity index (χ3v) is 2.92. The number of hydrogen-bond donors (Lipinski definition) is 1. The van der Waals surface area contributed by atoms with Gasteiger partial charge in [0, 0.05) is 12.3 Å². The summed E-state index contributed by atoms with van der Waals surface area (Å²) in [6.45, 7) is 0. The third kappa shape index (κ3) is 0.717. The van der Waals surface area contributed by atoms with Crippen LogP contribution in [0.5, 0.6) is 0 Å². The Labute approximate surface area is 60.2 Å². The normalized spacial score (nSPS) is 46.1. The van der Waals surface area contributed by atoms with Crippen LogP contribution in [-0.4, -0.2) is 17.0 Å². The Bertz CT molecular complexity index is 165. The van der Waals surface area contributed by atoms with Crippen molar-refractivity contribution in [2.45, 2.75) is 31.8 Å². The summed E-state index contributed by atoms with van der Waals surface area (Å²) >= 11 is 0. The van der Waals surface area contributed by atoms with Crippen LogP contribution >= 0.6 is 0 Å². The molecule has 0 spiro atoms. The molecule has 0 heterocycles. The molecule has 0 aliphatic heterocycles. The van der Waals surface area contributed by atoms with Gasteiger partial charge >= 0.3 is 0 Å². The van der Waals surface area contributed by atoms with E-state index < -0.39 is 0 Å². The number of fused-ring (bicyclic) bond motifs is 1. The highest BCUT2D eigenvalue weighted by molar-refractivity contribution is 5.83. The van der Waals surface area contributed by atoms with E-state index in [9.17, 15) is 9.90 Å². The molecule has 2 nitrogen and oxygen atoms in total. The molecule has 2 rings (SSSR count). The van der Waals surface area contributed by atoms with Gasteiger partial charge in [-0.05, 0) is 25.2 Å². The minimum Gasteiger partial charge on any atom is -0.393 e. The highest BCUT2D eigenvalue weighted by atomic mass is 16.3. The summed E-state index contributed by atoms with van der Waals surface area (Å²) in [6.07, 6.45) is 3.26. The molecule has 0 bridgehead atoms. The van der Waals surface area contributed by atoms with E-state index in [0.29, 0.717) is 18.1 Å². The smallest absolute Gasteiger partial charge is 0.136 e. The molecule has 0 saturated heterocycles. The van der Waals surface area contributed by atoms with Crippen molar-refractivity contribution in [3.63, 3.8) is 0 Å². The lowest BCUT2D eigenvalue weighted by molar-refractivity contribution is -0.121. The highest BCUT2D eigenvalue weighted by Crippen LogP contribution is 2.41. The number of carbonyl (C=O) groups excluding carboxylic acids is 1. The molecule has 2 heteroatoms. The van der Waals surface area contributed by atoms with Crippen LogP contribution in [0, 0.1) is 11.8 Å². The fourth-order valence-electron chi connectivity index (χ4n) is 2.33. The van der Waals surface area contributed by atoms with Gasteiger partial charge in [-0.25, -0.2) is 0 Å². The Balaban J connectivity index is 2.16. The van der Waals surface area contributed by atoms with Crippen LogP contribution in [0.2, 0.25) is 0 Å². The Morgan fingerprint density at radius 2 is 2.10 bits per heavy atom. The van der Waals surface area contributed by atoms with Crippen molar-refractivity contribution in [2.24, 2.45) is 11.8 Å². The van der Waals surface area contributed by atoms with Crippen LogP contribution in [0.1, 0.15) is 25.7 Å². The number of ketones is 1. The third-order valence-electron chi connectivity index (χ3n) is 2.92. The van der Waals surface area contributed by atoms with E-state index in [2.05, 4.69) is 0 Å². The van der Waals surface area contributed by atoms with Crippen LogP contribution < -0.4 is 0 Å². The number of hydrogen-bond acceptors (Lipinski definition) is 2. The fourth-order valence-corrected chi connectivity index (χ4v) is 2.33. The highest BCUT2D eigenvalue weighted by Gasteiger charge is 2.43. The SMILES string of the molecule is O=C1CC[C@H]2[C@@H]1CC[C@@H]2O. The summed E-state index contributed by atoms with van der Waals surface area (Å²) in [5.74, 6) is 0.948. The molecule has 2 fully saturated rings. The molecule has 0 radical (unpaired) electrons. The molecule has 0 unspecified atom stereocenters.